The molecule has 0 aromatic rings. The smallest absolute Gasteiger partial charge is 0.0997 e. The number of rotatable bonds is 1. The molecule has 1 heterocycles. The van der Waals surface area contributed by atoms with Gasteiger partial charge in [0.25, 0.3) is 0 Å². The molecule has 0 fully saturated rings. The summed E-state index contributed by atoms with van der Waals surface area (Å²) in [5.74, 6) is 0. The molecule has 0 saturated carbocycles. The van der Waals surface area contributed by atoms with Crippen LogP contribution in [0.4, 0.5) is 0 Å². The lowest BCUT2D eigenvalue weighted by Gasteiger charge is -2.19. The van der Waals surface area contributed by atoms with Gasteiger partial charge in [0.1, 0.15) is 0 Å². The first-order valence-corrected chi connectivity index (χ1v) is 4.91. The minimum Gasteiger partial charge on any atom is -0.298 e. The first-order chi connectivity index (χ1) is 6.15. The van der Waals surface area contributed by atoms with Crippen LogP contribution in [0.2, 0.25) is 0 Å². The van der Waals surface area contributed by atoms with E-state index in [1.54, 1.807) is 14.0 Å². The summed E-state index contributed by atoms with van der Waals surface area (Å²) in [6, 6.07) is 0.232. The first-order valence-electron chi connectivity index (χ1n) is 4.10. The van der Waals surface area contributed by atoms with Gasteiger partial charge in [-0.2, -0.15) is 5.10 Å². The van der Waals surface area contributed by atoms with Crippen molar-refractivity contribution in [3.8, 4) is 0 Å². The lowest BCUT2D eigenvalue weighted by molar-refractivity contribution is 0.348. The molecule has 0 radical (unpaired) electrons. The molecule has 1 unspecified atom stereocenters. The van der Waals surface area contributed by atoms with Gasteiger partial charge in [-0.05, 0) is 6.92 Å². The van der Waals surface area contributed by atoms with Crippen LogP contribution in [-0.2, 0) is 0 Å². The highest BCUT2D eigenvalue weighted by molar-refractivity contribution is 8.26. The van der Waals surface area contributed by atoms with Crippen LogP contribution in [0.3, 0.4) is 0 Å². The highest BCUT2D eigenvalue weighted by Crippen LogP contribution is 2.18. The molecule has 1 rings (SSSR count). The predicted octanol–water partition coefficient (Wildman–Crippen LogP) is 1.43. The second-order valence-corrected chi connectivity index (χ2v) is 4.08. The number of thioether (sulfide) groups is 1. The van der Waals surface area contributed by atoms with Crippen LogP contribution in [0, 0.1) is 5.41 Å². The summed E-state index contributed by atoms with van der Waals surface area (Å²) in [5, 5.41) is 14.9. The second-order valence-electron chi connectivity index (χ2n) is 2.84. The largest absolute Gasteiger partial charge is 0.298 e. The van der Waals surface area contributed by atoms with E-state index in [1.807, 2.05) is 18.3 Å². The van der Waals surface area contributed by atoms with Gasteiger partial charge in [0.15, 0.2) is 0 Å². The molecule has 0 aliphatic carbocycles. The van der Waals surface area contributed by atoms with E-state index >= 15 is 0 Å². The molecule has 13 heavy (non-hydrogen) atoms. The van der Waals surface area contributed by atoms with Crippen molar-refractivity contribution in [2.75, 3.05) is 14.1 Å². The summed E-state index contributed by atoms with van der Waals surface area (Å²) in [7, 11) is 3.69. The normalized spacial score (nSPS) is 22.5. The Morgan fingerprint density at radius 3 is 2.85 bits per heavy atom. The van der Waals surface area contributed by atoms with Crippen molar-refractivity contribution in [2.45, 2.75) is 19.4 Å². The number of aliphatic imine (C=N–C) groups is 1. The third kappa shape index (κ3) is 2.55. The van der Waals surface area contributed by atoms with Gasteiger partial charge in [0.2, 0.25) is 0 Å². The van der Waals surface area contributed by atoms with Crippen LogP contribution in [0.25, 0.3) is 0 Å². The Hall–Kier alpha value is -0.840. The Morgan fingerprint density at radius 2 is 2.46 bits per heavy atom. The summed E-state index contributed by atoms with van der Waals surface area (Å²) < 4.78 is 0. The fourth-order valence-corrected chi connectivity index (χ4v) is 1.98. The van der Waals surface area contributed by atoms with Crippen molar-refractivity contribution in [1.29, 1.82) is 5.41 Å². The van der Waals surface area contributed by atoms with Crippen molar-refractivity contribution in [1.82, 2.24) is 5.01 Å². The van der Waals surface area contributed by atoms with Gasteiger partial charge in [0.05, 0.1) is 16.1 Å². The summed E-state index contributed by atoms with van der Waals surface area (Å²) in [5.41, 5.74) is 0. The lowest BCUT2D eigenvalue weighted by atomic mass is 10.2. The van der Waals surface area contributed by atoms with Crippen LogP contribution in [0.1, 0.15) is 13.3 Å². The zero-order valence-electron chi connectivity index (χ0n) is 8.11. The minimum atomic E-state index is 0.232. The lowest BCUT2D eigenvalue weighted by Crippen LogP contribution is -2.30. The second kappa shape index (κ2) is 4.41. The topological polar surface area (TPSA) is 51.8 Å². The average molecular weight is 198 g/mol. The monoisotopic (exact) mass is 198 g/mol. The molecule has 1 atom stereocenters. The fraction of sp³-hybridized carbons (Fsp3) is 0.625. The van der Waals surface area contributed by atoms with Crippen molar-refractivity contribution in [2.24, 2.45) is 10.1 Å². The molecule has 0 bridgehead atoms. The number of hydrogen-bond acceptors (Lipinski definition) is 5. The Morgan fingerprint density at radius 1 is 1.77 bits per heavy atom. The van der Waals surface area contributed by atoms with E-state index in [9.17, 15) is 0 Å². The standard InChI is InChI=1S/C8H14N4S/c1-6(9)13-8(10-2)7-4-5-11-12(7)3/h5,7,9H,4H2,1-3H3. The molecule has 0 aromatic heterocycles. The molecule has 1 aliphatic heterocycles. The zero-order valence-corrected chi connectivity index (χ0v) is 8.93. The quantitative estimate of drug-likeness (QED) is 0.512. The van der Waals surface area contributed by atoms with Gasteiger partial charge in [-0.1, -0.05) is 11.8 Å². The molecule has 0 saturated heterocycles. The zero-order chi connectivity index (χ0) is 9.84. The Kier molecular flexibility index (Phi) is 3.48. The van der Waals surface area contributed by atoms with E-state index in [4.69, 9.17) is 5.41 Å². The van der Waals surface area contributed by atoms with Gasteiger partial charge in [0, 0.05) is 26.7 Å². The van der Waals surface area contributed by atoms with Crippen LogP contribution in [0.5, 0.6) is 0 Å². The molecule has 4 nitrogen and oxygen atoms in total. The van der Waals surface area contributed by atoms with Crippen molar-refractivity contribution in [3.05, 3.63) is 0 Å². The molecule has 0 aromatic carbocycles. The molecule has 72 valence electrons. The molecular weight excluding hydrogens is 184 g/mol. The van der Waals surface area contributed by atoms with Crippen LogP contribution >= 0.6 is 11.8 Å². The fourth-order valence-electron chi connectivity index (χ4n) is 1.19. The highest BCUT2D eigenvalue weighted by atomic mass is 32.2. The van der Waals surface area contributed by atoms with Gasteiger partial charge < -0.3 is 0 Å². The maximum Gasteiger partial charge on any atom is 0.0997 e. The third-order valence-corrected chi connectivity index (χ3v) is 2.78. The van der Waals surface area contributed by atoms with E-state index in [0.717, 1.165) is 11.5 Å². The van der Waals surface area contributed by atoms with Gasteiger partial charge >= 0.3 is 0 Å². The van der Waals surface area contributed by atoms with E-state index < -0.39 is 0 Å². The van der Waals surface area contributed by atoms with E-state index in [1.165, 1.54) is 11.8 Å². The van der Waals surface area contributed by atoms with E-state index in [0.29, 0.717) is 5.04 Å². The summed E-state index contributed by atoms with van der Waals surface area (Å²) in [6.07, 6.45) is 2.78. The van der Waals surface area contributed by atoms with E-state index in [2.05, 4.69) is 10.1 Å². The SMILES string of the molecule is CN=C(SC(C)=N)C1CC=NN1C. The van der Waals surface area contributed by atoms with Crippen LogP contribution < -0.4 is 0 Å². The van der Waals surface area contributed by atoms with Crippen molar-refractivity contribution < 1.29 is 0 Å². The molecular formula is C8H14N4S. The predicted molar refractivity (Wildman–Crippen MR) is 59.0 cm³/mol. The Balaban J connectivity index is 2.63. The first kappa shape index (κ1) is 10.2. The number of nitrogens with one attached hydrogen (secondary N) is 1. The molecule has 0 amide bonds. The van der Waals surface area contributed by atoms with Gasteiger partial charge in [-0.25, -0.2) is 0 Å². The summed E-state index contributed by atoms with van der Waals surface area (Å²) >= 11 is 1.41. The van der Waals surface area contributed by atoms with Gasteiger partial charge in [-0.3, -0.25) is 15.4 Å². The van der Waals surface area contributed by atoms with Gasteiger partial charge in [-0.15, -0.1) is 0 Å². The number of hydrazone groups is 1. The maximum absolute atomic E-state index is 7.38. The van der Waals surface area contributed by atoms with Crippen molar-refractivity contribution in [3.63, 3.8) is 0 Å². The molecule has 5 heteroatoms. The molecule has 0 spiro atoms. The number of hydrogen-bond donors (Lipinski definition) is 1. The number of nitrogens with zero attached hydrogens (tertiary/aromatic N) is 3. The maximum atomic E-state index is 7.38. The van der Waals surface area contributed by atoms with Crippen molar-refractivity contribution >= 4 is 28.1 Å². The minimum absolute atomic E-state index is 0.232. The summed E-state index contributed by atoms with van der Waals surface area (Å²) in [6.45, 7) is 1.77. The molecule has 1 N–H and O–H groups in total. The van der Waals surface area contributed by atoms with Crippen LogP contribution in [-0.4, -0.2) is 41.4 Å². The average Bonchev–Trinajstić information content (AvgIpc) is 2.47. The summed E-state index contributed by atoms with van der Waals surface area (Å²) in [4.78, 5) is 4.18. The third-order valence-electron chi connectivity index (χ3n) is 1.81. The Labute approximate surface area is 82.6 Å². The van der Waals surface area contributed by atoms with Crippen LogP contribution in [0.15, 0.2) is 10.1 Å². The molecule has 1 aliphatic rings. The Bertz CT molecular complexity index is 259. The van der Waals surface area contributed by atoms with E-state index in [-0.39, 0.29) is 6.04 Å². The highest BCUT2D eigenvalue weighted by Gasteiger charge is 2.23.